The van der Waals surface area contributed by atoms with E-state index >= 15 is 0 Å². The number of aromatic nitrogens is 3. The quantitative estimate of drug-likeness (QED) is 0.907. The van der Waals surface area contributed by atoms with Crippen molar-refractivity contribution in [3.05, 3.63) is 47.5 Å². The Morgan fingerprint density at radius 3 is 2.50 bits per heavy atom. The number of halogens is 3. The molecule has 1 N–H and O–H groups in total. The fourth-order valence-corrected chi connectivity index (χ4v) is 2.22. The van der Waals surface area contributed by atoms with E-state index in [1.54, 1.807) is 6.92 Å². The number of alkyl halides is 3. The fourth-order valence-electron chi connectivity index (χ4n) is 2.22. The Morgan fingerprint density at radius 1 is 1.29 bits per heavy atom. The van der Waals surface area contributed by atoms with Crippen LogP contribution in [0.3, 0.4) is 0 Å². The summed E-state index contributed by atoms with van der Waals surface area (Å²) in [4.78, 5) is 16.1. The Labute approximate surface area is 137 Å². The van der Waals surface area contributed by atoms with Crippen LogP contribution in [0, 0.1) is 0 Å². The highest BCUT2D eigenvalue weighted by atomic mass is 19.4. The number of carbonyl (C=O) groups is 1. The number of rotatable bonds is 5. The average Bonchev–Trinajstić information content (AvgIpc) is 2.96. The highest BCUT2D eigenvalue weighted by Gasteiger charge is 2.43. The van der Waals surface area contributed by atoms with E-state index in [9.17, 15) is 18.0 Å². The summed E-state index contributed by atoms with van der Waals surface area (Å²) in [5.41, 5.74) is 0.500. The van der Waals surface area contributed by atoms with Crippen LogP contribution < -0.4 is 5.32 Å². The first-order valence-corrected chi connectivity index (χ1v) is 7.60. The molecule has 130 valence electrons. The lowest BCUT2D eigenvalue weighted by atomic mass is 10.1. The molecule has 8 heteroatoms. The molecular weight excluding hydrogens is 321 g/mol. The number of nitrogens with one attached hydrogen (secondary N) is 1. The molecule has 0 spiro atoms. The van der Waals surface area contributed by atoms with Gasteiger partial charge in [-0.1, -0.05) is 19.9 Å². The van der Waals surface area contributed by atoms with Gasteiger partial charge in [0.1, 0.15) is 5.69 Å². The van der Waals surface area contributed by atoms with Crippen molar-refractivity contribution >= 4 is 5.91 Å². The molecule has 0 aliphatic carbocycles. The van der Waals surface area contributed by atoms with Gasteiger partial charge < -0.3 is 5.32 Å². The summed E-state index contributed by atoms with van der Waals surface area (Å²) in [6, 6.07) is 3.54. The Morgan fingerprint density at radius 2 is 2.00 bits per heavy atom. The first-order valence-electron chi connectivity index (χ1n) is 7.60. The number of amides is 1. The van der Waals surface area contributed by atoms with Gasteiger partial charge in [0.15, 0.2) is 6.04 Å². The monoisotopic (exact) mass is 340 g/mol. The van der Waals surface area contributed by atoms with E-state index in [2.05, 4.69) is 10.1 Å². The minimum absolute atomic E-state index is 0.0681. The van der Waals surface area contributed by atoms with Crippen LogP contribution in [0.25, 0.3) is 0 Å². The zero-order valence-electron chi connectivity index (χ0n) is 13.6. The lowest BCUT2D eigenvalue weighted by molar-refractivity contribution is -0.156. The van der Waals surface area contributed by atoms with Crippen LogP contribution in [0.15, 0.2) is 30.5 Å². The Hall–Kier alpha value is -2.38. The number of hydrogen-bond donors (Lipinski definition) is 1. The van der Waals surface area contributed by atoms with Crippen molar-refractivity contribution in [3.8, 4) is 0 Å². The van der Waals surface area contributed by atoms with Gasteiger partial charge in [0.2, 0.25) is 0 Å². The lowest BCUT2D eigenvalue weighted by Crippen LogP contribution is -2.39. The molecule has 0 aliphatic rings. The standard InChI is InChI=1S/C16H19F3N4O/c1-4-23-13(9-12(22-23)10(2)3)15(24)21-14(16(17,18)19)11-7-5-6-8-20-11/h5-10,14H,4H2,1-3H3,(H,21,24). The summed E-state index contributed by atoms with van der Waals surface area (Å²) >= 11 is 0. The summed E-state index contributed by atoms with van der Waals surface area (Å²) in [5.74, 6) is -0.761. The molecule has 2 aromatic heterocycles. The molecule has 1 unspecified atom stereocenters. The Bertz CT molecular complexity index is 695. The first kappa shape index (κ1) is 18.0. The maximum Gasteiger partial charge on any atom is 0.414 e. The minimum atomic E-state index is -4.65. The summed E-state index contributed by atoms with van der Waals surface area (Å²) < 4.78 is 41.4. The molecule has 2 rings (SSSR count). The van der Waals surface area contributed by atoms with E-state index in [-0.39, 0.29) is 17.3 Å². The number of aryl methyl sites for hydroxylation is 1. The van der Waals surface area contributed by atoms with Gasteiger partial charge in [-0.15, -0.1) is 0 Å². The van der Waals surface area contributed by atoms with E-state index in [1.807, 2.05) is 19.2 Å². The fraction of sp³-hybridized carbons (Fsp3) is 0.438. The van der Waals surface area contributed by atoms with Crippen LogP contribution in [-0.4, -0.2) is 26.8 Å². The molecule has 0 radical (unpaired) electrons. The predicted octanol–water partition coefficient (Wildman–Crippen LogP) is 3.45. The van der Waals surface area contributed by atoms with E-state index in [4.69, 9.17) is 0 Å². The van der Waals surface area contributed by atoms with Gasteiger partial charge in [0.25, 0.3) is 5.91 Å². The highest BCUT2D eigenvalue weighted by Crippen LogP contribution is 2.31. The van der Waals surface area contributed by atoms with Gasteiger partial charge in [-0.25, -0.2) is 0 Å². The molecule has 0 bridgehead atoms. The molecule has 1 atom stereocenters. The van der Waals surface area contributed by atoms with Crippen molar-refractivity contribution in [2.24, 2.45) is 0 Å². The van der Waals surface area contributed by atoms with Crippen molar-refractivity contribution in [1.29, 1.82) is 0 Å². The van der Waals surface area contributed by atoms with Gasteiger partial charge in [-0.2, -0.15) is 18.3 Å². The van der Waals surface area contributed by atoms with Gasteiger partial charge in [-0.05, 0) is 31.0 Å². The molecule has 0 saturated carbocycles. The van der Waals surface area contributed by atoms with E-state index in [0.717, 1.165) is 0 Å². The van der Waals surface area contributed by atoms with Gasteiger partial charge in [0, 0.05) is 12.7 Å². The average molecular weight is 340 g/mol. The summed E-state index contributed by atoms with van der Waals surface area (Å²) in [6.45, 7) is 5.95. The van der Waals surface area contributed by atoms with Crippen LogP contribution >= 0.6 is 0 Å². The minimum Gasteiger partial charge on any atom is -0.334 e. The highest BCUT2D eigenvalue weighted by molar-refractivity contribution is 5.93. The Balaban J connectivity index is 2.32. The molecule has 5 nitrogen and oxygen atoms in total. The molecule has 0 aliphatic heterocycles. The second kappa shape index (κ2) is 7.02. The van der Waals surface area contributed by atoms with E-state index in [1.165, 1.54) is 35.1 Å². The third-order valence-corrected chi connectivity index (χ3v) is 3.51. The third kappa shape index (κ3) is 3.93. The predicted molar refractivity (Wildman–Crippen MR) is 82.5 cm³/mol. The second-order valence-electron chi connectivity index (χ2n) is 5.63. The summed E-state index contributed by atoms with van der Waals surface area (Å²) in [7, 11) is 0. The zero-order chi connectivity index (χ0) is 17.9. The largest absolute Gasteiger partial charge is 0.414 e. The molecule has 2 heterocycles. The van der Waals surface area contributed by atoms with Crippen LogP contribution in [0.4, 0.5) is 13.2 Å². The van der Waals surface area contributed by atoms with Crippen molar-refractivity contribution in [3.63, 3.8) is 0 Å². The molecule has 24 heavy (non-hydrogen) atoms. The van der Waals surface area contributed by atoms with Gasteiger partial charge in [0.05, 0.1) is 11.4 Å². The summed E-state index contributed by atoms with van der Waals surface area (Å²) in [5, 5.41) is 6.28. The summed E-state index contributed by atoms with van der Waals surface area (Å²) in [6.07, 6.45) is -3.39. The number of hydrogen-bond acceptors (Lipinski definition) is 3. The number of nitrogens with zero attached hydrogens (tertiary/aromatic N) is 3. The van der Waals surface area contributed by atoms with Gasteiger partial charge >= 0.3 is 6.18 Å². The smallest absolute Gasteiger partial charge is 0.334 e. The van der Waals surface area contributed by atoms with Crippen molar-refractivity contribution in [2.45, 2.75) is 45.5 Å². The van der Waals surface area contributed by atoms with Crippen molar-refractivity contribution in [2.75, 3.05) is 0 Å². The van der Waals surface area contributed by atoms with Crippen LogP contribution in [0.5, 0.6) is 0 Å². The van der Waals surface area contributed by atoms with E-state index < -0.39 is 18.1 Å². The number of pyridine rings is 1. The molecule has 0 saturated heterocycles. The van der Waals surface area contributed by atoms with Gasteiger partial charge in [-0.3, -0.25) is 14.5 Å². The van der Waals surface area contributed by atoms with Crippen LogP contribution in [0.2, 0.25) is 0 Å². The molecule has 0 fully saturated rings. The SMILES string of the molecule is CCn1nc(C(C)C)cc1C(=O)NC(c1ccccn1)C(F)(F)F. The second-order valence-corrected chi connectivity index (χ2v) is 5.63. The molecular formula is C16H19F3N4O. The maximum absolute atomic E-state index is 13.3. The molecule has 2 aromatic rings. The zero-order valence-corrected chi connectivity index (χ0v) is 13.6. The van der Waals surface area contributed by atoms with Crippen LogP contribution in [-0.2, 0) is 6.54 Å². The van der Waals surface area contributed by atoms with Crippen LogP contribution in [0.1, 0.15) is 54.6 Å². The Kier molecular flexibility index (Phi) is 5.26. The normalized spacial score (nSPS) is 13.1. The molecule has 0 aromatic carbocycles. The maximum atomic E-state index is 13.3. The van der Waals surface area contributed by atoms with E-state index in [0.29, 0.717) is 12.2 Å². The third-order valence-electron chi connectivity index (χ3n) is 3.51. The lowest BCUT2D eigenvalue weighted by Gasteiger charge is -2.21. The topological polar surface area (TPSA) is 59.8 Å². The molecule has 1 amide bonds. The van der Waals surface area contributed by atoms with Crippen molar-refractivity contribution < 1.29 is 18.0 Å². The number of carbonyl (C=O) groups excluding carboxylic acids is 1. The van der Waals surface area contributed by atoms with Crippen molar-refractivity contribution in [1.82, 2.24) is 20.1 Å². The first-order chi connectivity index (χ1) is 11.2.